The third kappa shape index (κ3) is 8.37. The number of alkyl halides is 6. The number of hydrogen-bond donors (Lipinski definition) is 1. The number of carbonyl (C=O) groups excluding carboxylic acids is 5. The molecular weight excluding hydrogens is 776 g/mol. The minimum Gasteiger partial charge on any atom is -0.331 e. The Morgan fingerprint density at radius 2 is 1.49 bits per heavy atom. The quantitative estimate of drug-likeness (QED) is 0.131. The van der Waals surface area contributed by atoms with Crippen LogP contribution in [0.3, 0.4) is 0 Å². The summed E-state index contributed by atoms with van der Waals surface area (Å²) in [7, 11) is 0. The molecule has 2 heterocycles. The van der Waals surface area contributed by atoms with Crippen LogP contribution in [0.2, 0.25) is 0 Å². The zero-order valence-corrected chi connectivity index (χ0v) is 33.1. The molecule has 2 aromatic rings. The lowest BCUT2D eigenvalue weighted by Crippen LogP contribution is -2.60. The van der Waals surface area contributed by atoms with Crippen molar-refractivity contribution in [1.29, 1.82) is 0 Å². The molecule has 8 nitrogen and oxygen atoms in total. The fourth-order valence-corrected chi connectivity index (χ4v) is 11.3. The van der Waals surface area contributed by atoms with Gasteiger partial charge in [-0.25, -0.2) is 0 Å². The topological polar surface area (TPSA) is 104 Å². The van der Waals surface area contributed by atoms with E-state index >= 15 is 0 Å². The molecule has 0 aromatic heterocycles. The first-order chi connectivity index (χ1) is 27.8. The van der Waals surface area contributed by atoms with Crippen LogP contribution in [-0.2, 0) is 49.3 Å². The van der Waals surface area contributed by atoms with Crippen LogP contribution < -0.4 is 5.32 Å². The van der Waals surface area contributed by atoms with Crippen molar-refractivity contribution in [2.24, 2.45) is 34.5 Å². The Bertz CT molecular complexity index is 2040. The highest BCUT2D eigenvalue weighted by atomic mass is 19.4. The van der Waals surface area contributed by atoms with Crippen molar-refractivity contribution in [2.45, 2.75) is 109 Å². The van der Waals surface area contributed by atoms with Gasteiger partial charge < -0.3 is 10.2 Å². The summed E-state index contributed by atoms with van der Waals surface area (Å²) in [6.45, 7) is 4.93. The summed E-state index contributed by atoms with van der Waals surface area (Å²) in [6.07, 6.45) is 2.06. The number of nitrogens with zero attached hydrogens (tertiary/aromatic N) is 2. The SMILES string of the molecule is C[C@]12C=CC(=O)N(Cc3ccc(NC(=O)CCCCCN4C(=O)C=CC4=O)cc3)[C@@H]1CC[C@@H]1[C@@H]2CC[C@]2(C)[C@@H](C(=O)Cc3cc(C(F)(F)F)ccc3C(F)(F)F)CC[C@@H]12. The van der Waals surface area contributed by atoms with Crippen molar-refractivity contribution in [3.05, 3.63) is 89.0 Å². The van der Waals surface area contributed by atoms with E-state index in [4.69, 9.17) is 0 Å². The molecule has 3 saturated carbocycles. The summed E-state index contributed by atoms with van der Waals surface area (Å²) in [5.74, 6) is -1.35. The van der Waals surface area contributed by atoms with Crippen molar-refractivity contribution in [3.8, 4) is 0 Å². The minimum absolute atomic E-state index is 0.0801. The van der Waals surface area contributed by atoms with E-state index in [0.717, 1.165) is 24.8 Å². The van der Waals surface area contributed by atoms with E-state index in [1.807, 2.05) is 42.2 Å². The second-order valence-electron chi connectivity index (χ2n) is 17.5. The normalized spacial score (nSPS) is 29.1. The van der Waals surface area contributed by atoms with Gasteiger partial charge in [0.1, 0.15) is 5.78 Å². The maximum absolute atomic E-state index is 13.9. The molecule has 2 aromatic carbocycles. The fourth-order valence-electron chi connectivity index (χ4n) is 11.3. The predicted octanol–water partition coefficient (Wildman–Crippen LogP) is 9.09. The van der Waals surface area contributed by atoms with Crippen molar-refractivity contribution in [3.63, 3.8) is 0 Å². The van der Waals surface area contributed by atoms with E-state index in [1.165, 1.54) is 17.1 Å². The first-order valence-electron chi connectivity index (χ1n) is 20.5. The zero-order valence-electron chi connectivity index (χ0n) is 33.1. The van der Waals surface area contributed by atoms with Gasteiger partial charge in [0.05, 0.1) is 11.1 Å². The Labute approximate surface area is 339 Å². The Morgan fingerprint density at radius 3 is 2.17 bits per heavy atom. The Hall–Kier alpha value is -4.75. The van der Waals surface area contributed by atoms with Crippen LogP contribution >= 0.6 is 0 Å². The highest BCUT2D eigenvalue weighted by molar-refractivity contribution is 6.12. The molecule has 0 radical (unpaired) electrons. The number of amides is 4. The van der Waals surface area contributed by atoms with Gasteiger partial charge in [0.2, 0.25) is 11.8 Å². The van der Waals surface area contributed by atoms with E-state index in [0.29, 0.717) is 81.9 Å². The maximum atomic E-state index is 13.9. The summed E-state index contributed by atoms with van der Waals surface area (Å²) in [5, 5.41) is 2.90. The van der Waals surface area contributed by atoms with Crippen molar-refractivity contribution < 1.29 is 50.3 Å². The molecule has 59 heavy (non-hydrogen) atoms. The number of fused-ring (bicyclic) bond motifs is 5. The highest BCUT2D eigenvalue weighted by Gasteiger charge is 2.61. The molecule has 0 spiro atoms. The van der Waals surface area contributed by atoms with Gasteiger partial charge in [-0.05, 0) is 122 Å². The number of nitrogens with one attached hydrogen (secondary N) is 1. The lowest BCUT2D eigenvalue weighted by atomic mass is 9.47. The molecule has 4 amide bonds. The molecule has 14 heteroatoms. The number of carbonyl (C=O) groups is 5. The highest BCUT2D eigenvalue weighted by Crippen LogP contribution is 2.66. The van der Waals surface area contributed by atoms with Gasteiger partial charge in [-0.1, -0.05) is 38.5 Å². The standard InChI is InChI=1S/C45H49F6N3O5/c1-42-21-19-34-31(33(42)14-15-35(42)36(55)25-28-24-29(44(46,47)48)9-13-32(28)45(49,50)51)12-16-37-43(34,2)22-20-41(59)54(37)26-27-7-10-30(11-8-27)52-38(56)6-4-3-5-23-53-39(57)17-18-40(53)58/h7-11,13,17-18,20,22,24,31,33-35,37H,3-6,12,14-16,19,21,23,25-26H2,1-2H3,(H,52,56)/t31-,33-,34-,35+,37+,42-,43+/m0/s1. The molecule has 2 aliphatic heterocycles. The van der Waals surface area contributed by atoms with Crippen LogP contribution in [0.5, 0.6) is 0 Å². The number of halogens is 6. The van der Waals surface area contributed by atoms with Crippen molar-refractivity contribution in [2.75, 3.05) is 11.9 Å². The van der Waals surface area contributed by atoms with Crippen LogP contribution in [0.25, 0.3) is 0 Å². The Morgan fingerprint density at radius 1 is 0.780 bits per heavy atom. The molecule has 1 N–H and O–H groups in total. The number of rotatable bonds is 12. The number of anilines is 1. The second-order valence-corrected chi connectivity index (χ2v) is 17.5. The molecule has 7 atom stereocenters. The number of ketones is 1. The molecule has 5 aliphatic rings. The number of benzene rings is 2. The summed E-state index contributed by atoms with van der Waals surface area (Å²) in [4.78, 5) is 66.4. The van der Waals surface area contributed by atoms with Gasteiger partial charge >= 0.3 is 12.4 Å². The number of unbranched alkanes of at least 4 members (excludes halogenated alkanes) is 2. The summed E-state index contributed by atoms with van der Waals surface area (Å²) in [5.41, 5.74) is -2.40. The molecule has 0 unspecified atom stereocenters. The van der Waals surface area contributed by atoms with Gasteiger partial charge in [-0.15, -0.1) is 0 Å². The second kappa shape index (κ2) is 16.0. The Kier molecular flexibility index (Phi) is 11.5. The van der Waals surface area contributed by atoms with E-state index in [2.05, 4.69) is 12.2 Å². The van der Waals surface area contributed by atoms with Gasteiger partial charge in [-0.2, -0.15) is 26.3 Å². The first kappa shape index (κ1) is 42.4. The van der Waals surface area contributed by atoms with Crippen molar-refractivity contribution >= 4 is 35.1 Å². The average molecular weight is 826 g/mol. The predicted molar refractivity (Wildman–Crippen MR) is 206 cm³/mol. The van der Waals surface area contributed by atoms with Gasteiger partial charge in [-0.3, -0.25) is 28.9 Å². The van der Waals surface area contributed by atoms with E-state index in [-0.39, 0.29) is 52.8 Å². The van der Waals surface area contributed by atoms with Crippen LogP contribution in [0.1, 0.15) is 100 Å². The average Bonchev–Trinajstić information content (AvgIpc) is 3.69. The minimum atomic E-state index is -4.90. The van der Waals surface area contributed by atoms with Gasteiger partial charge in [0, 0.05) is 61.1 Å². The fraction of sp³-hybridized carbons (Fsp3) is 0.533. The van der Waals surface area contributed by atoms with Crippen LogP contribution in [-0.4, -0.2) is 51.8 Å². The number of hydrogen-bond acceptors (Lipinski definition) is 5. The van der Waals surface area contributed by atoms with Gasteiger partial charge in [0.25, 0.3) is 11.8 Å². The molecule has 0 bridgehead atoms. The first-order valence-corrected chi connectivity index (χ1v) is 20.5. The Balaban J connectivity index is 0.960. The molecule has 316 valence electrons. The van der Waals surface area contributed by atoms with Crippen LogP contribution in [0.4, 0.5) is 32.0 Å². The van der Waals surface area contributed by atoms with Gasteiger partial charge in [0.15, 0.2) is 0 Å². The lowest BCUT2D eigenvalue weighted by Gasteiger charge is -2.60. The lowest BCUT2D eigenvalue weighted by molar-refractivity contribution is -0.145. The molecule has 0 saturated heterocycles. The molecule has 3 aliphatic carbocycles. The summed E-state index contributed by atoms with van der Waals surface area (Å²) in [6, 6.07) is 8.62. The summed E-state index contributed by atoms with van der Waals surface area (Å²) < 4.78 is 82.2. The van der Waals surface area contributed by atoms with E-state index < -0.39 is 52.6 Å². The van der Waals surface area contributed by atoms with Crippen LogP contribution in [0.15, 0.2) is 66.8 Å². The summed E-state index contributed by atoms with van der Waals surface area (Å²) >= 11 is 0. The van der Waals surface area contributed by atoms with E-state index in [1.54, 1.807) is 6.08 Å². The third-order valence-electron chi connectivity index (χ3n) is 14.2. The smallest absolute Gasteiger partial charge is 0.331 e. The monoisotopic (exact) mass is 825 g/mol. The molecule has 7 rings (SSSR count). The van der Waals surface area contributed by atoms with E-state index in [9.17, 15) is 50.3 Å². The largest absolute Gasteiger partial charge is 0.416 e. The maximum Gasteiger partial charge on any atom is 0.416 e. The van der Waals surface area contributed by atoms with Crippen LogP contribution in [0, 0.1) is 34.5 Å². The van der Waals surface area contributed by atoms with Crippen molar-refractivity contribution in [1.82, 2.24) is 9.80 Å². The number of Topliss-reactive ketones (excluding diaryl/α,β-unsaturated/α-hetero) is 1. The third-order valence-corrected chi connectivity index (χ3v) is 14.2. The number of imide groups is 1. The molecule has 3 fully saturated rings. The molecular formula is C45H49F6N3O5. The zero-order chi connectivity index (χ0) is 42.5.